The van der Waals surface area contributed by atoms with Crippen molar-refractivity contribution >= 4 is 21.3 Å². The lowest BCUT2D eigenvalue weighted by molar-refractivity contribution is 0.600. The fraction of sp³-hybridized carbons (Fsp3) is 0.444. The molecule has 0 aromatic carbocycles. The van der Waals surface area contributed by atoms with Crippen molar-refractivity contribution in [3.05, 3.63) is 18.3 Å². The van der Waals surface area contributed by atoms with Gasteiger partial charge in [0.15, 0.2) is 0 Å². The van der Waals surface area contributed by atoms with E-state index in [1.54, 1.807) is 12.3 Å². The summed E-state index contributed by atoms with van der Waals surface area (Å²) in [5.41, 5.74) is 6.34. The van der Waals surface area contributed by atoms with E-state index in [-0.39, 0.29) is 5.75 Å². The van der Waals surface area contributed by atoms with Crippen molar-refractivity contribution in [1.29, 1.82) is 0 Å². The van der Waals surface area contributed by atoms with Gasteiger partial charge in [-0.1, -0.05) is 0 Å². The third-order valence-corrected chi connectivity index (χ3v) is 2.88. The molecule has 0 aliphatic rings. The largest absolute Gasteiger partial charge is 0.382 e. The highest BCUT2D eigenvalue weighted by Gasteiger charge is 2.02. The Morgan fingerprint density at radius 3 is 2.87 bits per heavy atom. The molecule has 0 unspecified atom stereocenters. The molecule has 1 aromatic heterocycles. The number of anilines is 2. The van der Waals surface area contributed by atoms with Crippen LogP contribution in [0.4, 0.5) is 11.5 Å². The molecule has 0 fully saturated rings. The van der Waals surface area contributed by atoms with Gasteiger partial charge < -0.3 is 11.1 Å². The van der Waals surface area contributed by atoms with Gasteiger partial charge in [0.1, 0.15) is 15.7 Å². The first kappa shape index (κ1) is 11.8. The molecule has 84 valence electrons. The summed E-state index contributed by atoms with van der Waals surface area (Å²) < 4.78 is 21.7. The van der Waals surface area contributed by atoms with Crippen molar-refractivity contribution in [3.8, 4) is 0 Å². The minimum absolute atomic E-state index is 0.181. The second kappa shape index (κ2) is 4.97. The Hall–Kier alpha value is -1.30. The molecule has 0 aliphatic carbocycles. The molecule has 5 nitrogen and oxygen atoms in total. The summed E-state index contributed by atoms with van der Waals surface area (Å²) in [4.78, 5) is 3.90. The van der Waals surface area contributed by atoms with Crippen LogP contribution in [0.3, 0.4) is 0 Å². The SMILES string of the molecule is CS(=O)(=O)CCCNc1cccnc1N. The predicted octanol–water partition coefficient (Wildman–Crippen LogP) is 0.510. The Kier molecular flexibility index (Phi) is 3.90. The van der Waals surface area contributed by atoms with Crippen LogP contribution in [0.1, 0.15) is 6.42 Å². The minimum atomic E-state index is -2.88. The molecule has 0 saturated heterocycles. The Morgan fingerprint density at radius 2 is 2.27 bits per heavy atom. The third kappa shape index (κ3) is 4.64. The van der Waals surface area contributed by atoms with Gasteiger partial charge in [-0.15, -0.1) is 0 Å². The molecule has 15 heavy (non-hydrogen) atoms. The van der Waals surface area contributed by atoms with E-state index in [0.717, 1.165) is 5.69 Å². The number of nitrogens with two attached hydrogens (primary N) is 1. The van der Waals surface area contributed by atoms with E-state index < -0.39 is 9.84 Å². The van der Waals surface area contributed by atoms with E-state index in [9.17, 15) is 8.42 Å². The smallest absolute Gasteiger partial charge is 0.147 e. The van der Waals surface area contributed by atoms with E-state index in [0.29, 0.717) is 18.8 Å². The quantitative estimate of drug-likeness (QED) is 0.719. The van der Waals surface area contributed by atoms with Gasteiger partial charge in [-0.05, 0) is 18.6 Å². The number of aromatic nitrogens is 1. The lowest BCUT2D eigenvalue weighted by Crippen LogP contribution is -2.10. The molecule has 1 rings (SSSR count). The van der Waals surface area contributed by atoms with E-state index in [1.165, 1.54) is 6.26 Å². The first-order valence-electron chi connectivity index (χ1n) is 4.61. The predicted molar refractivity (Wildman–Crippen MR) is 61.5 cm³/mol. The second-order valence-corrected chi connectivity index (χ2v) is 5.61. The highest BCUT2D eigenvalue weighted by atomic mass is 32.2. The minimum Gasteiger partial charge on any atom is -0.382 e. The number of rotatable bonds is 5. The van der Waals surface area contributed by atoms with Crippen molar-refractivity contribution < 1.29 is 8.42 Å². The van der Waals surface area contributed by atoms with Gasteiger partial charge >= 0.3 is 0 Å². The van der Waals surface area contributed by atoms with Crippen LogP contribution in [0, 0.1) is 0 Å². The molecule has 0 saturated carbocycles. The molecule has 1 heterocycles. The lowest BCUT2D eigenvalue weighted by Gasteiger charge is -2.07. The Labute approximate surface area is 89.6 Å². The Balaban J connectivity index is 2.36. The first-order chi connectivity index (χ1) is 6.99. The van der Waals surface area contributed by atoms with Crippen LogP contribution in [0.25, 0.3) is 0 Å². The molecule has 0 amide bonds. The molecule has 0 bridgehead atoms. The summed E-state index contributed by atoms with van der Waals surface area (Å²) in [5, 5.41) is 3.03. The number of pyridine rings is 1. The molecule has 0 spiro atoms. The van der Waals surface area contributed by atoms with E-state index >= 15 is 0 Å². The molecule has 1 aromatic rings. The topological polar surface area (TPSA) is 85.1 Å². The summed E-state index contributed by atoms with van der Waals surface area (Å²) >= 11 is 0. The summed E-state index contributed by atoms with van der Waals surface area (Å²) in [6, 6.07) is 3.58. The number of hydrogen-bond donors (Lipinski definition) is 2. The van der Waals surface area contributed by atoms with Crippen molar-refractivity contribution in [3.63, 3.8) is 0 Å². The number of hydrogen-bond acceptors (Lipinski definition) is 5. The van der Waals surface area contributed by atoms with Crippen LogP contribution < -0.4 is 11.1 Å². The number of nitrogen functional groups attached to an aromatic ring is 1. The monoisotopic (exact) mass is 229 g/mol. The third-order valence-electron chi connectivity index (χ3n) is 1.85. The van der Waals surface area contributed by atoms with Gasteiger partial charge in [0.05, 0.1) is 11.4 Å². The zero-order chi connectivity index (χ0) is 11.3. The van der Waals surface area contributed by atoms with Gasteiger partial charge in [-0.25, -0.2) is 13.4 Å². The van der Waals surface area contributed by atoms with Crippen LogP contribution in [-0.4, -0.2) is 32.0 Å². The molecule has 6 heteroatoms. The Bertz CT molecular complexity index is 417. The fourth-order valence-electron chi connectivity index (χ4n) is 1.12. The van der Waals surface area contributed by atoms with Crippen LogP contribution in [-0.2, 0) is 9.84 Å². The summed E-state index contributed by atoms with van der Waals surface area (Å²) in [7, 11) is -2.88. The zero-order valence-corrected chi connectivity index (χ0v) is 9.42. The normalized spacial score (nSPS) is 11.3. The summed E-state index contributed by atoms with van der Waals surface area (Å²) in [6.45, 7) is 0.572. The lowest BCUT2D eigenvalue weighted by atomic mass is 10.3. The molecule has 0 aliphatic heterocycles. The van der Waals surface area contributed by atoms with Gasteiger partial charge in [-0.3, -0.25) is 0 Å². The number of sulfone groups is 1. The van der Waals surface area contributed by atoms with Crippen molar-refractivity contribution in [2.75, 3.05) is 29.6 Å². The van der Waals surface area contributed by atoms with Gasteiger partial charge in [-0.2, -0.15) is 0 Å². The Morgan fingerprint density at radius 1 is 1.53 bits per heavy atom. The fourth-order valence-corrected chi connectivity index (χ4v) is 1.79. The number of nitrogens with one attached hydrogen (secondary N) is 1. The number of nitrogens with zero attached hydrogens (tertiary/aromatic N) is 1. The van der Waals surface area contributed by atoms with Crippen molar-refractivity contribution in [2.45, 2.75) is 6.42 Å². The van der Waals surface area contributed by atoms with E-state index in [4.69, 9.17) is 5.73 Å². The van der Waals surface area contributed by atoms with Gasteiger partial charge in [0.2, 0.25) is 0 Å². The maximum absolute atomic E-state index is 10.8. The highest BCUT2D eigenvalue weighted by molar-refractivity contribution is 7.90. The van der Waals surface area contributed by atoms with Crippen LogP contribution >= 0.6 is 0 Å². The van der Waals surface area contributed by atoms with Crippen LogP contribution in [0.2, 0.25) is 0 Å². The standard InChI is InChI=1S/C9H15N3O2S/c1-15(13,14)7-3-6-11-8-4-2-5-12-9(8)10/h2,4-5,11H,3,6-7H2,1H3,(H2,10,12). The van der Waals surface area contributed by atoms with Crippen molar-refractivity contribution in [2.24, 2.45) is 0 Å². The maximum atomic E-state index is 10.8. The van der Waals surface area contributed by atoms with E-state index in [2.05, 4.69) is 10.3 Å². The average molecular weight is 229 g/mol. The van der Waals surface area contributed by atoms with E-state index in [1.807, 2.05) is 6.07 Å². The summed E-state index contributed by atoms with van der Waals surface area (Å²) in [5.74, 6) is 0.608. The van der Waals surface area contributed by atoms with Gasteiger partial charge in [0, 0.05) is 19.0 Å². The molecular formula is C9H15N3O2S. The van der Waals surface area contributed by atoms with Crippen LogP contribution in [0.5, 0.6) is 0 Å². The molecular weight excluding hydrogens is 214 g/mol. The van der Waals surface area contributed by atoms with Crippen LogP contribution in [0.15, 0.2) is 18.3 Å². The maximum Gasteiger partial charge on any atom is 0.147 e. The summed E-state index contributed by atoms with van der Waals surface area (Å²) in [6.07, 6.45) is 3.40. The molecule has 0 atom stereocenters. The van der Waals surface area contributed by atoms with Gasteiger partial charge in [0.25, 0.3) is 0 Å². The molecule has 3 N–H and O–H groups in total. The zero-order valence-electron chi connectivity index (χ0n) is 8.60. The first-order valence-corrected chi connectivity index (χ1v) is 6.67. The van der Waals surface area contributed by atoms with Crippen molar-refractivity contribution in [1.82, 2.24) is 4.98 Å². The highest BCUT2D eigenvalue weighted by Crippen LogP contribution is 2.12. The second-order valence-electron chi connectivity index (χ2n) is 3.35. The average Bonchev–Trinajstić information content (AvgIpc) is 2.13. The molecule has 0 radical (unpaired) electrons.